The van der Waals surface area contributed by atoms with E-state index in [1.807, 2.05) is 6.92 Å². The summed E-state index contributed by atoms with van der Waals surface area (Å²) in [4.78, 5) is 0. The molecular formula is C12H15BrF3NO. The summed E-state index contributed by atoms with van der Waals surface area (Å²) in [7, 11) is 1.52. The Balaban J connectivity index is 3.09. The maximum atomic E-state index is 12.8. The zero-order chi connectivity index (χ0) is 13.8. The Labute approximate surface area is 113 Å². The van der Waals surface area contributed by atoms with Gasteiger partial charge in [-0.1, -0.05) is 28.9 Å². The molecule has 0 saturated carbocycles. The van der Waals surface area contributed by atoms with Gasteiger partial charge in [0.2, 0.25) is 0 Å². The van der Waals surface area contributed by atoms with Gasteiger partial charge in [0.15, 0.2) is 0 Å². The monoisotopic (exact) mass is 325 g/mol. The molecule has 0 heterocycles. The number of halogens is 4. The van der Waals surface area contributed by atoms with E-state index >= 15 is 0 Å². The lowest BCUT2D eigenvalue weighted by molar-refractivity contribution is -0.138. The molecule has 0 aliphatic rings. The van der Waals surface area contributed by atoms with Gasteiger partial charge in [0.05, 0.1) is 18.2 Å². The lowest BCUT2D eigenvalue weighted by Crippen LogP contribution is -2.25. The maximum absolute atomic E-state index is 12.8. The van der Waals surface area contributed by atoms with Crippen molar-refractivity contribution in [3.05, 3.63) is 33.8 Å². The number of ether oxygens (including phenoxy) is 1. The van der Waals surface area contributed by atoms with Crippen molar-refractivity contribution in [2.75, 3.05) is 20.3 Å². The molecule has 0 spiro atoms. The van der Waals surface area contributed by atoms with E-state index in [0.717, 1.165) is 6.07 Å². The van der Waals surface area contributed by atoms with Crippen LogP contribution < -0.4 is 5.32 Å². The molecule has 0 amide bonds. The molecule has 18 heavy (non-hydrogen) atoms. The van der Waals surface area contributed by atoms with E-state index < -0.39 is 11.7 Å². The molecule has 0 bridgehead atoms. The third kappa shape index (κ3) is 3.96. The van der Waals surface area contributed by atoms with Gasteiger partial charge >= 0.3 is 6.18 Å². The highest BCUT2D eigenvalue weighted by molar-refractivity contribution is 9.10. The first-order valence-corrected chi connectivity index (χ1v) is 6.28. The van der Waals surface area contributed by atoms with Gasteiger partial charge in [-0.05, 0) is 24.2 Å². The van der Waals surface area contributed by atoms with Gasteiger partial charge in [-0.3, -0.25) is 0 Å². The molecule has 1 atom stereocenters. The van der Waals surface area contributed by atoms with Crippen LogP contribution >= 0.6 is 15.9 Å². The van der Waals surface area contributed by atoms with Crippen molar-refractivity contribution in [2.24, 2.45) is 0 Å². The van der Waals surface area contributed by atoms with Gasteiger partial charge in [0.25, 0.3) is 0 Å². The number of rotatable bonds is 5. The summed E-state index contributed by atoms with van der Waals surface area (Å²) in [6, 6.07) is 3.98. The summed E-state index contributed by atoms with van der Waals surface area (Å²) in [5.41, 5.74) is -0.103. The molecule has 1 aromatic rings. The fourth-order valence-electron chi connectivity index (χ4n) is 1.66. The normalized spacial score (nSPS) is 13.7. The highest BCUT2D eigenvalue weighted by Gasteiger charge is 2.33. The molecule has 1 unspecified atom stereocenters. The van der Waals surface area contributed by atoms with Gasteiger partial charge in [-0.15, -0.1) is 0 Å². The Morgan fingerprint density at radius 3 is 2.56 bits per heavy atom. The molecular weight excluding hydrogens is 311 g/mol. The highest BCUT2D eigenvalue weighted by atomic mass is 79.9. The zero-order valence-electron chi connectivity index (χ0n) is 10.1. The first kappa shape index (κ1) is 15.5. The smallest absolute Gasteiger partial charge is 0.383 e. The Bertz CT molecular complexity index is 389. The summed E-state index contributed by atoms with van der Waals surface area (Å²) in [6.45, 7) is 2.88. The molecule has 1 aromatic carbocycles. The van der Waals surface area contributed by atoms with E-state index in [9.17, 15) is 13.2 Å². The molecule has 0 aromatic heterocycles. The Hall–Kier alpha value is -0.590. The summed E-state index contributed by atoms with van der Waals surface area (Å²) in [5, 5.41) is 3.09. The number of hydrogen-bond acceptors (Lipinski definition) is 2. The van der Waals surface area contributed by atoms with E-state index in [0.29, 0.717) is 18.7 Å². The van der Waals surface area contributed by atoms with Crippen LogP contribution in [-0.2, 0) is 10.9 Å². The van der Waals surface area contributed by atoms with Crippen molar-refractivity contribution in [1.29, 1.82) is 0 Å². The summed E-state index contributed by atoms with van der Waals surface area (Å²) >= 11 is 2.92. The van der Waals surface area contributed by atoms with E-state index in [1.165, 1.54) is 13.2 Å². The number of benzene rings is 1. The van der Waals surface area contributed by atoms with E-state index in [-0.39, 0.29) is 10.5 Å². The minimum atomic E-state index is -4.36. The molecule has 1 rings (SSSR count). The second kappa shape index (κ2) is 6.54. The van der Waals surface area contributed by atoms with Crippen LogP contribution in [0, 0.1) is 0 Å². The molecule has 2 nitrogen and oxygen atoms in total. The number of alkyl halides is 3. The average Bonchev–Trinajstić information content (AvgIpc) is 2.28. The van der Waals surface area contributed by atoms with Crippen molar-refractivity contribution in [2.45, 2.75) is 19.1 Å². The predicted octanol–water partition coefficient (Wildman–Crippen LogP) is 3.76. The van der Waals surface area contributed by atoms with Crippen LogP contribution in [0.4, 0.5) is 13.2 Å². The minimum Gasteiger partial charge on any atom is -0.383 e. The predicted molar refractivity (Wildman–Crippen MR) is 67.4 cm³/mol. The minimum absolute atomic E-state index is 0.0476. The Kier molecular flexibility index (Phi) is 5.62. The molecule has 0 saturated heterocycles. The number of methoxy groups -OCH3 is 1. The van der Waals surface area contributed by atoms with Crippen molar-refractivity contribution >= 4 is 15.9 Å². The Morgan fingerprint density at radius 2 is 2.06 bits per heavy atom. The van der Waals surface area contributed by atoms with Crippen molar-refractivity contribution in [1.82, 2.24) is 5.32 Å². The van der Waals surface area contributed by atoms with Crippen LogP contribution in [0.25, 0.3) is 0 Å². The van der Waals surface area contributed by atoms with Crippen LogP contribution in [0.3, 0.4) is 0 Å². The summed E-state index contributed by atoms with van der Waals surface area (Å²) in [5.74, 6) is 0. The van der Waals surface area contributed by atoms with E-state index in [2.05, 4.69) is 21.2 Å². The lowest BCUT2D eigenvalue weighted by atomic mass is 10.0. The molecule has 1 N–H and O–H groups in total. The first-order valence-electron chi connectivity index (χ1n) is 5.49. The third-order valence-electron chi connectivity index (χ3n) is 2.48. The van der Waals surface area contributed by atoms with Gasteiger partial charge < -0.3 is 10.1 Å². The van der Waals surface area contributed by atoms with Crippen LogP contribution in [-0.4, -0.2) is 20.3 Å². The second-order valence-electron chi connectivity index (χ2n) is 3.80. The van der Waals surface area contributed by atoms with Crippen molar-refractivity contribution in [3.8, 4) is 0 Å². The number of likely N-dealkylation sites (N-methyl/N-ethyl adjacent to an activating group) is 1. The molecule has 6 heteroatoms. The molecule has 0 aliphatic heterocycles. The molecule has 0 fully saturated rings. The SMILES string of the molecule is CCNC(COC)c1ccc(Br)c(C(F)(F)F)c1. The van der Waals surface area contributed by atoms with E-state index in [1.54, 1.807) is 6.07 Å². The molecule has 0 radical (unpaired) electrons. The van der Waals surface area contributed by atoms with Crippen molar-refractivity contribution in [3.63, 3.8) is 0 Å². The Morgan fingerprint density at radius 1 is 1.39 bits per heavy atom. The lowest BCUT2D eigenvalue weighted by Gasteiger charge is -2.19. The van der Waals surface area contributed by atoms with Crippen LogP contribution in [0.1, 0.15) is 24.1 Å². The number of nitrogens with one attached hydrogen (secondary N) is 1. The molecule has 0 aliphatic carbocycles. The molecule has 102 valence electrons. The quantitative estimate of drug-likeness (QED) is 0.889. The fourth-order valence-corrected chi connectivity index (χ4v) is 2.13. The zero-order valence-corrected chi connectivity index (χ0v) is 11.7. The van der Waals surface area contributed by atoms with Gasteiger partial charge in [0, 0.05) is 11.6 Å². The first-order chi connectivity index (χ1) is 8.40. The average molecular weight is 326 g/mol. The van der Waals surface area contributed by atoms with Crippen LogP contribution in [0.5, 0.6) is 0 Å². The van der Waals surface area contributed by atoms with Crippen LogP contribution in [0.15, 0.2) is 22.7 Å². The van der Waals surface area contributed by atoms with Gasteiger partial charge in [-0.2, -0.15) is 13.2 Å². The maximum Gasteiger partial charge on any atom is 0.417 e. The summed E-state index contributed by atoms with van der Waals surface area (Å²) in [6.07, 6.45) is -4.36. The number of hydrogen-bond donors (Lipinski definition) is 1. The fraction of sp³-hybridized carbons (Fsp3) is 0.500. The van der Waals surface area contributed by atoms with Gasteiger partial charge in [-0.25, -0.2) is 0 Å². The van der Waals surface area contributed by atoms with Crippen molar-refractivity contribution < 1.29 is 17.9 Å². The highest BCUT2D eigenvalue weighted by Crippen LogP contribution is 2.36. The van der Waals surface area contributed by atoms with E-state index in [4.69, 9.17) is 4.74 Å². The van der Waals surface area contributed by atoms with Gasteiger partial charge in [0.1, 0.15) is 0 Å². The third-order valence-corrected chi connectivity index (χ3v) is 3.17. The topological polar surface area (TPSA) is 21.3 Å². The summed E-state index contributed by atoms with van der Waals surface area (Å²) < 4.78 is 43.4. The second-order valence-corrected chi connectivity index (χ2v) is 4.66. The van der Waals surface area contributed by atoms with Crippen LogP contribution in [0.2, 0.25) is 0 Å². The standard InChI is InChI=1S/C12H15BrF3NO/c1-3-17-11(7-18-2)8-4-5-10(13)9(6-8)12(14,15)16/h4-6,11,17H,3,7H2,1-2H3. The largest absolute Gasteiger partial charge is 0.417 e.